The molecule has 1 amide bonds. The maximum atomic E-state index is 12.0. The molecule has 3 atom stereocenters. The second kappa shape index (κ2) is 7.21. The van der Waals surface area contributed by atoms with E-state index in [1.165, 1.54) is 25.3 Å². The molecule has 0 aromatic heterocycles. The van der Waals surface area contributed by atoms with Gasteiger partial charge in [0.15, 0.2) is 6.61 Å². The predicted octanol–water partition coefficient (Wildman–Crippen LogP) is 3.21. The van der Waals surface area contributed by atoms with Crippen molar-refractivity contribution < 1.29 is 19.2 Å². The molecule has 2 fully saturated rings. The summed E-state index contributed by atoms with van der Waals surface area (Å²) in [5.41, 5.74) is 0.541. The molecule has 7 nitrogen and oxygen atoms in total. The fourth-order valence-electron chi connectivity index (χ4n) is 4.19. The SMILES string of the molecule is Cc1cccc([N+](=O)[O-])c1NC(=O)COC(=O)C[C@H]1C[C@@H]2CC[C@@H]1C2. The zero-order valence-electron chi connectivity index (χ0n) is 14.2. The zero-order valence-corrected chi connectivity index (χ0v) is 14.2. The van der Waals surface area contributed by atoms with Crippen LogP contribution >= 0.6 is 0 Å². The molecular weight excluding hydrogens is 324 g/mol. The van der Waals surface area contributed by atoms with Crippen LogP contribution in [0, 0.1) is 34.8 Å². The Morgan fingerprint density at radius 1 is 1.32 bits per heavy atom. The van der Waals surface area contributed by atoms with Gasteiger partial charge < -0.3 is 10.1 Å². The van der Waals surface area contributed by atoms with Crippen LogP contribution in [0.4, 0.5) is 11.4 Å². The Labute approximate surface area is 145 Å². The third-order valence-corrected chi connectivity index (χ3v) is 5.39. The Morgan fingerprint density at radius 3 is 2.76 bits per heavy atom. The second-order valence-corrected chi connectivity index (χ2v) is 7.07. The van der Waals surface area contributed by atoms with Gasteiger partial charge in [-0.15, -0.1) is 0 Å². The molecule has 0 unspecified atom stereocenters. The largest absolute Gasteiger partial charge is 0.456 e. The summed E-state index contributed by atoms with van der Waals surface area (Å²) >= 11 is 0. The minimum Gasteiger partial charge on any atom is -0.456 e. The number of fused-ring (bicyclic) bond motifs is 2. The lowest BCUT2D eigenvalue weighted by atomic mass is 9.86. The molecule has 0 heterocycles. The molecule has 2 aliphatic carbocycles. The molecular formula is C18H22N2O5. The quantitative estimate of drug-likeness (QED) is 0.484. The molecule has 3 rings (SSSR count). The first kappa shape index (κ1) is 17.4. The van der Waals surface area contributed by atoms with Gasteiger partial charge in [0.1, 0.15) is 5.69 Å². The molecule has 1 aromatic carbocycles. The van der Waals surface area contributed by atoms with E-state index in [0.29, 0.717) is 23.8 Å². The van der Waals surface area contributed by atoms with Crippen LogP contribution in [-0.4, -0.2) is 23.4 Å². The molecule has 7 heteroatoms. The lowest BCUT2D eigenvalue weighted by molar-refractivity contribution is -0.384. The number of carbonyl (C=O) groups excluding carboxylic acids is 2. The highest BCUT2D eigenvalue weighted by atomic mass is 16.6. The summed E-state index contributed by atoms with van der Waals surface area (Å²) in [5.74, 6) is 0.825. The van der Waals surface area contributed by atoms with Gasteiger partial charge >= 0.3 is 5.97 Å². The van der Waals surface area contributed by atoms with E-state index in [1.54, 1.807) is 19.1 Å². The smallest absolute Gasteiger partial charge is 0.306 e. The van der Waals surface area contributed by atoms with E-state index >= 15 is 0 Å². The number of aryl methyl sites for hydroxylation is 1. The van der Waals surface area contributed by atoms with Crippen molar-refractivity contribution in [3.63, 3.8) is 0 Å². The molecule has 0 radical (unpaired) electrons. The van der Waals surface area contributed by atoms with E-state index in [0.717, 1.165) is 12.3 Å². The number of hydrogen-bond acceptors (Lipinski definition) is 5. The van der Waals surface area contributed by atoms with Crippen LogP contribution in [-0.2, 0) is 14.3 Å². The first-order chi connectivity index (χ1) is 11.9. The minimum absolute atomic E-state index is 0.140. The fraction of sp³-hybridized carbons (Fsp3) is 0.556. The van der Waals surface area contributed by atoms with Gasteiger partial charge in [-0.25, -0.2) is 0 Å². The van der Waals surface area contributed by atoms with Gasteiger partial charge in [0, 0.05) is 12.5 Å². The molecule has 2 saturated carbocycles. The van der Waals surface area contributed by atoms with Crippen molar-refractivity contribution >= 4 is 23.3 Å². The number of carbonyl (C=O) groups is 2. The first-order valence-corrected chi connectivity index (χ1v) is 8.63. The summed E-state index contributed by atoms with van der Waals surface area (Å²) in [6.07, 6.45) is 5.13. The van der Waals surface area contributed by atoms with Crippen molar-refractivity contribution in [3.8, 4) is 0 Å². The number of esters is 1. The highest BCUT2D eigenvalue weighted by Gasteiger charge is 2.40. The molecule has 0 saturated heterocycles. The van der Waals surface area contributed by atoms with E-state index in [2.05, 4.69) is 5.32 Å². The number of ether oxygens (including phenoxy) is 1. The first-order valence-electron chi connectivity index (χ1n) is 8.63. The topological polar surface area (TPSA) is 98.5 Å². The van der Waals surface area contributed by atoms with Crippen molar-refractivity contribution in [1.82, 2.24) is 0 Å². The van der Waals surface area contributed by atoms with Crippen LogP contribution < -0.4 is 5.32 Å². The van der Waals surface area contributed by atoms with E-state index in [4.69, 9.17) is 4.74 Å². The summed E-state index contributed by atoms with van der Waals surface area (Å²) in [7, 11) is 0. The summed E-state index contributed by atoms with van der Waals surface area (Å²) in [6, 6.07) is 4.55. The summed E-state index contributed by atoms with van der Waals surface area (Å²) < 4.78 is 5.07. The molecule has 0 spiro atoms. The van der Waals surface area contributed by atoms with Crippen molar-refractivity contribution in [2.24, 2.45) is 17.8 Å². The molecule has 1 aromatic rings. The lowest BCUT2D eigenvalue weighted by Gasteiger charge is -2.20. The summed E-state index contributed by atoms with van der Waals surface area (Å²) in [5, 5.41) is 13.5. The molecule has 134 valence electrons. The molecule has 1 N–H and O–H groups in total. The number of anilines is 1. The number of rotatable bonds is 6. The van der Waals surface area contributed by atoms with Crippen molar-refractivity contribution in [1.29, 1.82) is 0 Å². The van der Waals surface area contributed by atoms with Gasteiger partial charge in [0.25, 0.3) is 11.6 Å². The Kier molecular flexibility index (Phi) is 5.01. The van der Waals surface area contributed by atoms with E-state index < -0.39 is 17.4 Å². The standard InChI is InChI=1S/C18H22N2O5/c1-11-3-2-4-15(20(23)24)18(11)19-16(21)10-25-17(22)9-14-8-12-5-6-13(14)7-12/h2-4,12-14H,5-10H2,1H3,(H,19,21)/t12-,13-,14-/m1/s1. The van der Waals surface area contributed by atoms with Gasteiger partial charge in [-0.1, -0.05) is 18.6 Å². The van der Waals surface area contributed by atoms with Gasteiger partial charge in [-0.2, -0.15) is 0 Å². The lowest BCUT2D eigenvalue weighted by Crippen LogP contribution is -2.23. The monoisotopic (exact) mass is 346 g/mol. The highest BCUT2D eigenvalue weighted by Crippen LogP contribution is 2.49. The number of nitrogens with zero attached hydrogens (tertiary/aromatic N) is 1. The van der Waals surface area contributed by atoms with Crippen LogP contribution in [0.15, 0.2) is 18.2 Å². The number of nitrogens with one attached hydrogen (secondary N) is 1. The van der Waals surface area contributed by atoms with Crippen LogP contribution in [0.3, 0.4) is 0 Å². The van der Waals surface area contributed by atoms with Crippen LogP contribution in [0.5, 0.6) is 0 Å². The number of para-hydroxylation sites is 1. The van der Waals surface area contributed by atoms with E-state index in [1.807, 2.05) is 0 Å². The summed E-state index contributed by atoms with van der Waals surface area (Å²) in [6.45, 7) is 1.24. The maximum absolute atomic E-state index is 12.0. The Morgan fingerprint density at radius 2 is 2.12 bits per heavy atom. The molecule has 25 heavy (non-hydrogen) atoms. The van der Waals surface area contributed by atoms with Crippen molar-refractivity contribution in [3.05, 3.63) is 33.9 Å². The van der Waals surface area contributed by atoms with Crippen LogP contribution in [0.2, 0.25) is 0 Å². The summed E-state index contributed by atoms with van der Waals surface area (Å²) in [4.78, 5) is 34.5. The number of benzene rings is 1. The van der Waals surface area contributed by atoms with Gasteiger partial charge in [0.2, 0.25) is 0 Å². The van der Waals surface area contributed by atoms with Crippen LogP contribution in [0.25, 0.3) is 0 Å². The van der Waals surface area contributed by atoms with Gasteiger partial charge in [-0.3, -0.25) is 19.7 Å². The molecule has 2 aliphatic rings. The number of nitro benzene ring substituents is 1. The zero-order chi connectivity index (χ0) is 18.0. The average Bonchev–Trinajstić information content (AvgIpc) is 3.17. The van der Waals surface area contributed by atoms with E-state index in [9.17, 15) is 19.7 Å². The average molecular weight is 346 g/mol. The fourth-order valence-corrected chi connectivity index (χ4v) is 4.19. The maximum Gasteiger partial charge on any atom is 0.306 e. The number of nitro groups is 1. The predicted molar refractivity (Wildman–Crippen MR) is 91.0 cm³/mol. The number of hydrogen-bond donors (Lipinski definition) is 1. The molecule has 0 aliphatic heterocycles. The Hall–Kier alpha value is -2.44. The third kappa shape index (κ3) is 3.97. The third-order valence-electron chi connectivity index (χ3n) is 5.39. The highest BCUT2D eigenvalue weighted by molar-refractivity contribution is 5.95. The Bertz CT molecular complexity index is 703. The van der Waals surface area contributed by atoms with Gasteiger partial charge in [-0.05, 0) is 49.5 Å². The van der Waals surface area contributed by atoms with Crippen LogP contribution in [0.1, 0.15) is 37.7 Å². The normalized spacial score (nSPS) is 24.1. The van der Waals surface area contributed by atoms with Gasteiger partial charge in [0.05, 0.1) is 4.92 Å². The Balaban J connectivity index is 1.50. The van der Waals surface area contributed by atoms with E-state index in [-0.39, 0.29) is 17.3 Å². The van der Waals surface area contributed by atoms with Crippen molar-refractivity contribution in [2.75, 3.05) is 11.9 Å². The molecule has 2 bridgehead atoms. The second-order valence-electron chi connectivity index (χ2n) is 7.07. The van der Waals surface area contributed by atoms with Crippen molar-refractivity contribution in [2.45, 2.75) is 39.0 Å². The minimum atomic E-state index is -0.571. The number of amides is 1.